The van der Waals surface area contributed by atoms with Crippen molar-refractivity contribution in [2.24, 2.45) is 0 Å². The molecule has 3 rings (SSSR count). The Balaban J connectivity index is 1.55. The molecule has 9 heteroatoms. The summed E-state index contributed by atoms with van der Waals surface area (Å²) in [5, 5.41) is 2.67. The van der Waals surface area contributed by atoms with Crippen LogP contribution >= 0.6 is 0 Å². The summed E-state index contributed by atoms with van der Waals surface area (Å²) >= 11 is 0. The third kappa shape index (κ3) is 5.97. The molecule has 1 aromatic heterocycles. The number of nitrogens with one attached hydrogen (secondary N) is 1. The molecule has 1 saturated heterocycles. The van der Waals surface area contributed by atoms with Gasteiger partial charge in [0.15, 0.2) is 6.61 Å². The first-order chi connectivity index (χ1) is 14.1. The van der Waals surface area contributed by atoms with E-state index in [4.69, 9.17) is 23.4 Å². The van der Waals surface area contributed by atoms with Gasteiger partial charge < -0.3 is 28.7 Å². The van der Waals surface area contributed by atoms with Crippen molar-refractivity contribution in [3.8, 4) is 17.2 Å². The van der Waals surface area contributed by atoms with Crippen molar-refractivity contribution in [2.75, 3.05) is 52.4 Å². The van der Waals surface area contributed by atoms with Gasteiger partial charge >= 0.3 is 0 Å². The summed E-state index contributed by atoms with van der Waals surface area (Å²) in [4.78, 5) is 26.5. The van der Waals surface area contributed by atoms with Gasteiger partial charge in [-0.25, -0.2) is 0 Å². The number of hydrogen-bond donors (Lipinski definition) is 1. The maximum Gasteiger partial charge on any atom is 0.262 e. The lowest BCUT2D eigenvalue weighted by atomic mass is 10.2. The second-order valence-corrected chi connectivity index (χ2v) is 6.40. The fourth-order valence-electron chi connectivity index (χ4n) is 2.83. The smallest absolute Gasteiger partial charge is 0.262 e. The van der Waals surface area contributed by atoms with Crippen LogP contribution < -0.4 is 25.0 Å². The number of rotatable bonds is 8. The third-order valence-electron chi connectivity index (χ3n) is 4.33. The van der Waals surface area contributed by atoms with Crippen molar-refractivity contribution in [3.63, 3.8) is 0 Å². The van der Waals surface area contributed by atoms with Crippen LogP contribution in [0.1, 0.15) is 5.76 Å². The molecule has 0 bridgehead atoms. The molecule has 0 atom stereocenters. The van der Waals surface area contributed by atoms with E-state index in [0.29, 0.717) is 42.7 Å². The number of morpholine rings is 1. The second-order valence-electron chi connectivity index (χ2n) is 6.40. The molecule has 0 radical (unpaired) electrons. The van der Waals surface area contributed by atoms with Gasteiger partial charge in [-0.05, 0) is 0 Å². The standard InChI is InChI=1S/C20H24N2O7/c1-25-15-7-14(8-16(9-15)26-2)21-20(24)13-29-19-12-28-17(10-18(19)23)11-22-3-5-27-6-4-22/h7-10,12H,3-6,11,13H2,1-2H3,(H,21,24). The summed E-state index contributed by atoms with van der Waals surface area (Å²) in [6.45, 7) is 3.10. The van der Waals surface area contributed by atoms with Gasteiger partial charge in [0.2, 0.25) is 11.2 Å². The number of benzene rings is 1. The Labute approximate surface area is 168 Å². The molecule has 29 heavy (non-hydrogen) atoms. The lowest BCUT2D eigenvalue weighted by Crippen LogP contribution is -2.35. The molecule has 0 saturated carbocycles. The SMILES string of the molecule is COc1cc(NC(=O)COc2coc(CN3CCOCC3)cc2=O)cc(OC)c1. The van der Waals surface area contributed by atoms with Crippen molar-refractivity contribution < 1.29 is 28.2 Å². The molecule has 1 aliphatic heterocycles. The minimum atomic E-state index is -0.433. The van der Waals surface area contributed by atoms with Crippen molar-refractivity contribution in [1.29, 1.82) is 0 Å². The van der Waals surface area contributed by atoms with Gasteiger partial charge in [-0.3, -0.25) is 14.5 Å². The van der Waals surface area contributed by atoms with Crippen molar-refractivity contribution in [3.05, 3.63) is 46.5 Å². The van der Waals surface area contributed by atoms with E-state index < -0.39 is 5.91 Å². The molecule has 1 amide bonds. The van der Waals surface area contributed by atoms with Crippen LogP contribution in [0.25, 0.3) is 0 Å². The van der Waals surface area contributed by atoms with Crippen molar-refractivity contribution in [2.45, 2.75) is 6.54 Å². The number of amides is 1. The van der Waals surface area contributed by atoms with E-state index in [2.05, 4.69) is 10.2 Å². The first kappa shape index (κ1) is 20.7. The highest BCUT2D eigenvalue weighted by molar-refractivity contribution is 5.92. The summed E-state index contributed by atoms with van der Waals surface area (Å²) in [5.41, 5.74) is 0.151. The number of hydrogen-bond acceptors (Lipinski definition) is 8. The minimum absolute atomic E-state index is 0.0194. The predicted octanol–water partition coefficient (Wildman–Crippen LogP) is 1.51. The van der Waals surface area contributed by atoms with E-state index in [1.165, 1.54) is 26.5 Å². The van der Waals surface area contributed by atoms with Gasteiger partial charge in [0.1, 0.15) is 23.5 Å². The fraction of sp³-hybridized carbons (Fsp3) is 0.400. The second kappa shape index (κ2) is 9.94. The van der Waals surface area contributed by atoms with Crippen LogP contribution in [0.4, 0.5) is 5.69 Å². The summed E-state index contributed by atoms with van der Waals surface area (Å²) in [5.74, 6) is 1.16. The molecule has 0 spiro atoms. The molecular formula is C20H24N2O7. The molecule has 2 heterocycles. The molecule has 2 aromatic rings. The molecular weight excluding hydrogens is 380 g/mol. The summed E-state index contributed by atoms with van der Waals surface area (Å²) < 4.78 is 26.4. The van der Waals surface area contributed by atoms with Gasteiger partial charge in [0, 0.05) is 43.0 Å². The first-order valence-electron chi connectivity index (χ1n) is 9.15. The van der Waals surface area contributed by atoms with Crippen LogP contribution in [0.15, 0.2) is 39.7 Å². The number of methoxy groups -OCH3 is 2. The van der Waals surface area contributed by atoms with Crippen LogP contribution in [0.3, 0.4) is 0 Å². The molecule has 0 unspecified atom stereocenters. The Morgan fingerprint density at radius 2 is 1.79 bits per heavy atom. The van der Waals surface area contributed by atoms with Crippen LogP contribution in [-0.4, -0.2) is 57.9 Å². The Bertz CT molecular complexity index is 868. The topological polar surface area (TPSA) is 99.5 Å². The molecule has 1 aliphatic rings. The predicted molar refractivity (Wildman–Crippen MR) is 105 cm³/mol. The summed E-state index contributed by atoms with van der Waals surface area (Å²) in [7, 11) is 3.04. The first-order valence-corrected chi connectivity index (χ1v) is 9.15. The van der Waals surface area contributed by atoms with Gasteiger partial charge in [-0.1, -0.05) is 0 Å². The molecule has 0 aliphatic carbocycles. The van der Waals surface area contributed by atoms with E-state index in [9.17, 15) is 9.59 Å². The zero-order valence-corrected chi connectivity index (χ0v) is 16.4. The summed E-state index contributed by atoms with van der Waals surface area (Å²) in [6, 6.07) is 6.37. The number of carbonyl (C=O) groups excluding carboxylic acids is 1. The van der Waals surface area contributed by atoms with E-state index >= 15 is 0 Å². The highest BCUT2D eigenvalue weighted by atomic mass is 16.5. The Morgan fingerprint density at radius 1 is 1.10 bits per heavy atom. The molecule has 1 aromatic carbocycles. The molecule has 1 fully saturated rings. The molecule has 156 valence electrons. The van der Waals surface area contributed by atoms with E-state index in [0.717, 1.165) is 13.1 Å². The maximum atomic E-state index is 12.2. The monoisotopic (exact) mass is 404 g/mol. The van der Waals surface area contributed by atoms with E-state index in [1.807, 2.05) is 0 Å². The molecule has 1 N–H and O–H groups in total. The minimum Gasteiger partial charge on any atom is -0.497 e. The fourth-order valence-corrected chi connectivity index (χ4v) is 2.83. The maximum absolute atomic E-state index is 12.2. The normalized spacial score (nSPS) is 14.3. The molecule has 9 nitrogen and oxygen atoms in total. The van der Waals surface area contributed by atoms with Gasteiger partial charge in [0.05, 0.1) is 34.0 Å². The Hall–Kier alpha value is -3.04. The summed E-state index contributed by atoms with van der Waals surface area (Å²) in [6.07, 6.45) is 1.24. The zero-order chi connectivity index (χ0) is 20.6. The quantitative estimate of drug-likeness (QED) is 0.707. The van der Waals surface area contributed by atoms with Crippen molar-refractivity contribution >= 4 is 11.6 Å². The number of carbonyl (C=O) groups is 1. The van der Waals surface area contributed by atoms with E-state index in [-0.39, 0.29) is 17.8 Å². The zero-order valence-electron chi connectivity index (χ0n) is 16.4. The van der Waals surface area contributed by atoms with Gasteiger partial charge in [-0.2, -0.15) is 0 Å². The lowest BCUT2D eigenvalue weighted by molar-refractivity contribution is -0.118. The number of nitrogens with zero attached hydrogens (tertiary/aromatic N) is 1. The van der Waals surface area contributed by atoms with Crippen LogP contribution in [-0.2, 0) is 16.1 Å². The number of anilines is 1. The average molecular weight is 404 g/mol. The van der Waals surface area contributed by atoms with E-state index in [1.54, 1.807) is 18.2 Å². The third-order valence-corrected chi connectivity index (χ3v) is 4.33. The highest BCUT2D eigenvalue weighted by Gasteiger charge is 2.14. The van der Waals surface area contributed by atoms with Crippen LogP contribution in [0.5, 0.6) is 17.2 Å². The van der Waals surface area contributed by atoms with Crippen LogP contribution in [0, 0.1) is 0 Å². The Morgan fingerprint density at radius 3 is 2.41 bits per heavy atom. The van der Waals surface area contributed by atoms with Gasteiger partial charge in [0.25, 0.3) is 5.91 Å². The Kier molecular flexibility index (Phi) is 7.09. The number of ether oxygens (including phenoxy) is 4. The average Bonchev–Trinajstić information content (AvgIpc) is 2.73. The largest absolute Gasteiger partial charge is 0.497 e. The van der Waals surface area contributed by atoms with Gasteiger partial charge in [-0.15, -0.1) is 0 Å². The van der Waals surface area contributed by atoms with Crippen molar-refractivity contribution in [1.82, 2.24) is 4.90 Å². The van der Waals surface area contributed by atoms with Crippen LogP contribution in [0.2, 0.25) is 0 Å². The highest BCUT2D eigenvalue weighted by Crippen LogP contribution is 2.25. The lowest BCUT2D eigenvalue weighted by Gasteiger charge is -2.25.